The van der Waals surface area contributed by atoms with Gasteiger partial charge in [0.25, 0.3) is 0 Å². The fourth-order valence-electron chi connectivity index (χ4n) is 1.17. The molecule has 2 nitrogen and oxygen atoms in total. The number of rotatable bonds is 1. The van der Waals surface area contributed by atoms with Crippen molar-refractivity contribution >= 4 is 0 Å². The van der Waals surface area contributed by atoms with E-state index in [0.717, 1.165) is 6.04 Å². The van der Waals surface area contributed by atoms with Crippen LogP contribution in [0.15, 0.2) is 0 Å². The second-order valence-corrected chi connectivity index (χ2v) is 2.54. The van der Waals surface area contributed by atoms with E-state index < -0.39 is 0 Å². The summed E-state index contributed by atoms with van der Waals surface area (Å²) in [5.74, 6) is 0. The number of nitrogens with zero attached hydrogens (tertiary/aromatic N) is 1. The first kappa shape index (κ1) is 9.92. The van der Waals surface area contributed by atoms with Crippen molar-refractivity contribution in [3.63, 3.8) is 0 Å². The van der Waals surface area contributed by atoms with Gasteiger partial charge in [-0.2, -0.15) is 0 Å². The van der Waals surface area contributed by atoms with Gasteiger partial charge >= 0.3 is 0 Å². The Hall–Kier alpha value is -0.0800. The lowest BCUT2D eigenvalue weighted by Gasteiger charge is -2.07. The molecule has 0 aromatic carbocycles. The predicted octanol–water partition coefficient (Wildman–Crippen LogP) is 0.936. The number of hydrogen-bond acceptors (Lipinski definition) is 2. The topological polar surface area (TPSA) is 15.3 Å². The second-order valence-electron chi connectivity index (χ2n) is 2.54. The molecule has 1 saturated heterocycles. The molecule has 1 aliphatic rings. The van der Waals surface area contributed by atoms with Crippen molar-refractivity contribution in [1.29, 1.82) is 0 Å². The minimum Gasteiger partial charge on any atom is -0.316 e. The monoisotopic (exact) mass is 144 g/mol. The van der Waals surface area contributed by atoms with E-state index in [1.807, 2.05) is 20.9 Å². The van der Waals surface area contributed by atoms with Crippen molar-refractivity contribution in [3.8, 4) is 0 Å². The summed E-state index contributed by atoms with van der Waals surface area (Å²) in [4.78, 5) is 2.35. The molecule has 2 heteroatoms. The summed E-state index contributed by atoms with van der Waals surface area (Å²) in [7, 11) is 4.20. The van der Waals surface area contributed by atoms with E-state index in [-0.39, 0.29) is 0 Å². The normalized spacial score (nSPS) is 25.8. The Morgan fingerprint density at radius 3 is 2.20 bits per heavy atom. The highest BCUT2D eigenvalue weighted by Gasteiger charge is 2.16. The van der Waals surface area contributed by atoms with Gasteiger partial charge in [0.15, 0.2) is 0 Å². The van der Waals surface area contributed by atoms with E-state index in [1.165, 1.54) is 19.5 Å². The van der Waals surface area contributed by atoms with Crippen molar-refractivity contribution in [1.82, 2.24) is 10.2 Å². The third kappa shape index (κ3) is 3.18. The first-order valence-corrected chi connectivity index (χ1v) is 4.18. The maximum absolute atomic E-state index is 3.25. The van der Waals surface area contributed by atoms with Crippen LogP contribution in [0, 0.1) is 0 Å². The minimum atomic E-state index is 0.750. The van der Waals surface area contributed by atoms with Crippen LogP contribution in [0.1, 0.15) is 20.3 Å². The molecule has 0 saturated carbocycles. The molecule has 1 fully saturated rings. The Bertz CT molecular complexity index is 73.7. The van der Waals surface area contributed by atoms with Crippen LogP contribution in [0.4, 0.5) is 0 Å². The zero-order chi connectivity index (χ0) is 7.98. The maximum Gasteiger partial charge on any atom is 0.0204 e. The molecule has 1 atom stereocenters. The summed E-state index contributed by atoms with van der Waals surface area (Å²) in [6, 6.07) is 0.750. The van der Waals surface area contributed by atoms with Crippen molar-refractivity contribution in [2.45, 2.75) is 26.3 Å². The minimum absolute atomic E-state index is 0.750. The molecule has 0 unspecified atom stereocenters. The molecule has 1 heterocycles. The Morgan fingerprint density at radius 1 is 1.40 bits per heavy atom. The van der Waals surface area contributed by atoms with Gasteiger partial charge in [0.1, 0.15) is 0 Å². The molecule has 0 aromatic heterocycles. The molecule has 62 valence electrons. The smallest absolute Gasteiger partial charge is 0.0204 e. The quantitative estimate of drug-likeness (QED) is 0.589. The van der Waals surface area contributed by atoms with E-state index in [9.17, 15) is 0 Å². The van der Waals surface area contributed by atoms with Crippen LogP contribution in [-0.2, 0) is 0 Å². The fraction of sp³-hybridized carbons (Fsp3) is 1.00. The Kier molecular flexibility index (Phi) is 5.64. The van der Waals surface area contributed by atoms with Crippen LogP contribution in [-0.4, -0.2) is 38.1 Å². The molecule has 0 spiro atoms. The van der Waals surface area contributed by atoms with E-state index in [1.54, 1.807) is 0 Å². The van der Waals surface area contributed by atoms with Crippen LogP contribution >= 0.6 is 0 Å². The van der Waals surface area contributed by atoms with Gasteiger partial charge in [0.05, 0.1) is 0 Å². The average molecular weight is 144 g/mol. The van der Waals surface area contributed by atoms with Crippen molar-refractivity contribution < 1.29 is 0 Å². The van der Waals surface area contributed by atoms with Crippen LogP contribution < -0.4 is 5.32 Å². The molecule has 1 aliphatic heterocycles. The summed E-state index contributed by atoms with van der Waals surface area (Å²) in [6.07, 6.45) is 1.31. The Morgan fingerprint density at radius 2 is 2.00 bits per heavy atom. The summed E-state index contributed by atoms with van der Waals surface area (Å²) in [5.41, 5.74) is 0. The van der Waals surface area contributed by atoms with E-state index >= 15 is 0 Å². The van der Waals surface area contributed by atoms with Gasteiger partial charge in [0, 0.05) is 12.6 Å². The lowest BCUT2D eigenvalue weighted by molar-refractivity contribution is 0.403. The van der Waals surface area contributed by atoms with Crippen molar-refractivity contribution in [3.05, 3.63) is 0 Å². The molecule has 0 aromatic rings. The van der Waals surface area contributed by atoms with Crippen LogP contribution in [0.25, 0.3) is 0 Å². The third-order valence-corrected chi connectivity index (χ3v) is 1.80. The number of likely N-dealkylation sites (tertiary alicyclic amines) is 1. The van der Waals surface area contributed by atoms with Gasteiger partial charge in [-0.15, -0.1) is 0 Å². The van der Waals surface area contributed by atoms with Gasteiger partial charge in [-0.25, -0.2) is 0 Å². The van der Waals surface area contributed by atoms with Gasteiger partial charge in [0.2, 0.25) is 0 Å². The fourth-order valence-corrected chi connectivity index (χ4v) is 1.17. The summed E-state index contributed by atoms with van der Waals surface area (Å²) in [6.45, 7) is 6.47. The van der Waals surface area contributed by atoms with E-state index in [0.29, 0.717) is 0 Å². The highest BCUT2D eigenvalue weighted by molar-refractivity contribution is 4.76. The molecule has 1 rings (SSSR count). The first-order chi connectivity index (χ1) is 4.83. The maximum atomic E-state index is 3.25. The largest absolute Gasteiger partial charge is 0.316 e. The molecule has 0 aliphatic carbocycles. The molecule has 1 N–H and O–H groups in total. The predicted molar refractivity (Wildman–Crippen MR) is 46.3 cm³/mol. The molecule has 0 radical (unpaired) electrons. The van der Waals surface area contributed by atoms with E-state index in [4.69, 9.17) is 0 Å². The zero-order valence-corrected chi connectivity index (χ0v) is 7.65. The van der Waals surface area contributed by atoms with Gasteiger partial charge in [-0.05, 0) is 27.1 Å². The molecular weight excluding hydrogens is 124 g/mol. The molecular formula is C8H20N2. The number of nitrogens with one attached hydrogen (secondary N) is 1. The van der Waals surface area contributed by atoms with Gasteiger partial charge in [-0.3, -0.25) is 0 Å². The summed E-state index contributed by atoms with van der Waals surface area (Å²) < 4.78 is 0. The van der Waals surface area contributed by atoms with Crippen molar-refractivity contribution in [2.24, 2.45) is 0 Å². The lowest BCUT2D eigenvalue weighted by Crippen LogP contribution is -2.27. The lowest BCUT2D eigenvalue weighted by atomic mass is 10.3. The van der Waals surface area contributed by atoms with Gasteiger partial charge in [-0.1, -0.05) is 13.8 Å². The Balaban J connectivity index is 0.000000371. The summed E-state index contributed by atoms with van der Waals surface area (Å²) >= 11 is 0. The molecule has 0 bridgehead atoms. The molecule has 10 heavy (non-hydrogen) atoms. The van der Waals surface area contributed by atoms with Gasteiger partial charge < -0.3 is 10.2 Å². The van der Waals surface area contributed by atoms with Crippen molar-refractivity contribution in [2.75, 3.05) is 27.2 Å². The van der Waals surface area contributed by atoms with Crippen LogP contribution in [0.5, 0.6) is 0 Å². The molecule has 0 amide bonds. The number of likely N-dealkylation sites (N-methyl/N-ethyl adjacent to an activating group) is 2. The summed E-state index contributed by atoms with van der Waals surface area (Å²) in [5, 5.41) is 3.25. The van der Waals surface area contributed by atoms with E-state index in [2.05, 4.69) is 17.3 Å². The standard InChI is InChI=1S/C6H14N2.C2H6/c1-7-6-3-4-8(2)5-6;1-2/h6-7H,3-5H2,1-2H3;1-2H3/t6-;/m1./s1. The van der Waals surface area contributed by atoms with Crippen LogP contribution in [0.2, 0.25) is 0 Å². The number of hydrogen-bond donors (Lipinski definition) is 1. The third-order valence-electron chi connectivity index (χ3n) is 1.80. The SMILES string of the molecule is CC.CN[C@@H]1CCN(C)C1. The van der Waals surface area contributed by atoms with Crippen LogP contribution in [0.3, 0.4) is 0 Å². The second kappa shape index (κ2) is 5.69. The average Bonchev–Trinajstić information content (AvgIpc) is 2.40. The Labute approximate surface area is 64.6 Å². The zero-order valence-electron chi connectivity index (χ0n) is 7.65. The highest BCUT2D eigenvalue weighted by atomic mass is 15.2. The first-order valence-electron chi connectivity index (χ1n) is 4.18. The highest BCUT2D eigenvalue weighted by Crippen LogP contribution is 2.04.